The topological polar surface area (TPSA) is 74.4 Å². The molecule has 0 aliphatic carbocycles. The number of aromatic nitrogens is 4. The molecule has 34 heavy (non-hydrogen) atoms. The van der Waals surface area contributed by atoms with Crippen LogP contribution in [0.15, 0.2) is 46.3 Å². The molecule has 0 saturated heterocycles. The van der Waals surface area contributed by atoms with Crippen LogP contribution in [0.3, 0.4) is 0 Å². The van der Waals surface area contributed by atoms with Crippen LogP contribution in [-0.2, 0) is 18.6 Å². The van der Waals surface area contributed by atoms with E-state index in [0.29, 0.717) is 40.2 Å². The summed E-state index contributed by atoms with van der Waals surface area (Å²) in [7, 11) is 0. The minimum atomic E-state index is -1.01. The van der Waals surface area contributed by atoms with Crippen LogP contribution < -0.4 is 5.56 Å². The Labute approximate surface area is 200 Å². The number of hydrogen-bond donors (Lipinski definition) is 2. The van der Waals surface area contributed by atoms with Crippen molar-refractivity contribution in [3.63, 3.8) is 0 Å². The molecule has 2 heterocycles. The zero-order chi connectivity index (χ0) is 24.4. The Hall–Kier alpha value is -3.11. The number of hydrogen-bond acceptors (Lipinski definition) is 4. The molecule has 0 saturated carbocycles. The third-order valence-electron chi connectivity index (χ3n) is 5.06. The minimum absolute atomic E-state index is 0.0821. The van der Waals surface area contributed by atoms with Crippen molar-refractivity contribution in [1.82, 2.24) is 20.2 Å². The fourth-order valence-corrected chi connectivity index (χ4v) is 4.61. The molecule has 0 bridgehead atoms. The van der Waals surface area contributed by atoms with Crippen molar-refractivity contribution in [2.24, 2.45) is 0 Å². The lowest BCUT2D eigenvalue weighted by Gasteiger charge is -2.09. The largest absolute Gasteiger partial charge is 0.301 e. The molecule has 0 aliphatic rings. The quantitative estimate of drug-likeness (QED) is 0.187. The van der Waals surface area contributed by atoms with E-state index in [2.05, 4.69) is 20.2 Å². The summed E-state index contributed by atoms with van der Waals surface area (Å²) in [5.74, 6) is -3.20. The number of nitrogens with one attached hydrogen (secondary N) is 2. The number of thioether (sulfide) groups is 1. The molecule has 0 atom stereocenters. The predicted molar refractivity (Wildman–Crippen MR) is 122 cm³/mol. The highest BCUT2D eigenvalue weighted by Crippen LogP contribution is 2.32. The summed E-state index contributed by atoms with van der Waals surface area (Å²) >= 11 is 7.53. The van der Waals surface area contributed by atoms with Crippen molar-refractivity contribution >= 4 is 23.4 Å². The van der Waals surface area contributed by atoms with Crippen LogP contribution >= 0.6 is 23.4 Å². The van der Waals surface area contributed by atoms with E-state index in [1.54, 1.807) is 6.92 Å². The number of H-pyrrole nitrogens is 2. The Balaban J connectivity index is 1.57. The normalized spacial score (nSPS) is 11.2. The molecule has 176 valence electrons. The van der Waals surface area contributed by atoms with E-state index in [-0.39, 0.29) is 27.9 Å². The van der Waals surface area contributed by atoms with E-state index < -0.39 is 23.3 Å². The Morgan fingerprint density at radius 1 is 1.00 bits per heavy atom. The van der Waals surface area contributed by atoms with Crippen LogP contribution in [0.2, 0.25) is 5.02 Å². The summed E-state index contributed by atoms with van der Waals surface area (Å²) in [6.07, 6.45) is 0.474. The average molecular weight is 509 g/mol. The third kappa shape index (κ3) is 5.18. The Bertz CT molecular complexity index is 1400. The summed E-state index contributed by atoms with van der Waals surface area (Å²) in [5.41, 5.74) is 1.92. The maximum Gasteiger partial charge on any atom is 0.254 e. The Morgan fingerprint density at radius 3 is 2.41 bits per heavy atom. The summed E-state index contributed by atoms with van der Waals surface area (Å²) in [6, 6.07) is 6.54. The first-order valence-electron chi connectivity index (χ1n) is 10.1. The minimum Gasteiger partial charge on any atom is -0.301 e. The van der Waals surface area contributed by atoms with Crippen LogP contribution in [0.5, 0.6) is 0 Å². The van der Waals surface area contributed by atoms with E-state index >= 15 is 0 Å². The molecule has 2 aromatic carbocycles. The van der Waals surface area contributed by atoms with Gasteiger partial charge in [-0.25, -0.2) is 22.5 Å². The molecular formula is C23H17ClF4N4OS. The second-order valence-electron chi connectivity index (χ2n) is 7.38. The van der Waals surface area contributed by atoms with Gasteiger partial charge in [-0.3, -0.25) is 9.89 Å². The second kappa shape index (κ2) is 10.0. The highest BCUT2D eigenvalue weighted by Gasteiger charge is 2.17. The van der Waals surface area contributed by atoms with E-state index in [1.807, 2.05) is 0 Å². The zero-order valence-electron chi connectivity index (χ0n) is 17.7. The molecule has 2 N–H and O–H groups in total. The first kappa shape index (κ1) is 24.0. The highest BCUT2D eigenvalue weighted by molar-refractivity contribution is 7.98. The van der Waals surface area contributed by atoms with Crippen LogP contribution in [0.4, 0.5) is 17.6 Å². The van der Waals surface area contributed by atoms with Crippen LogP contribution in [-0.4, -0.2) is 20.2 Å². The van der Waals surface area contributed by atoms with Crippen molar-refractivity contribution in [2.75, 3.05) is 0 Å². The first-order chi connectivity index (χ1) is 16.2. The Morgan fingerprint density at radius 2 is 1.74 bits per heavy atom. The van der Waals surface area contributed by atoms with Gasteiger partial charge in [0.2, 0.25) is 0 Å². The summed E-state index contributed by atoms with van der Waals surface area (Å²) in [5, 5.41) is 7.34. The number of aromatic amines is 2. The van der Waals surface area contributed by atoms with Gasteiger partial charge in [0.1, 0.15) is 11.6 Å². The Kier molecular flexibility index (Phi) is 7.08. The molecule has 2 aromatic heterocycles. The smallest absolute Gasteiger partial charge is 0.254 e. The van der Waals surface area contributed by atoms with Gasteiger partial charge in [0.15, 0.2) is 16.8 Å². The number of nitrogens with zero attached hydrogens (tertiary/aromatic N) is 2. The number of halogens is 5. The van der Waals surface area contributed by atoms with Crippen molar-refractivity contribution in [2.45, 2.75) is 30.7 Å². The first-order valence-corrected chi connectivity index (χ1v) is 11.5. The molecule has 0 fully saturated rings. The average Bonchev–Trinajstić information content (AvgIpc) is 3.13. The van der Waals surface area contributed by atoms with E-state index in [4.69, 9.17) is 11.6 Å². The fourth-order valence-electron chi connectivity index (χ4n) is 3.45. The molecule has 4 aromatic rings. The fraction of sp³-hybridized carbons (Fsp3) is 0.174. The van der Waals surface area contributed by atoms with Crippen molar-refractivity contribution < 1.29 is 17.6 Å². The van der Waals surface area contributed by atoms with Gasteiger partial charge in [-0.2, -0.15) is 5.10 Å². The van der Waals surface area contributed by atoms with E-state index in [9.17, 15) is 22.4 Å². The highest BCUT2D eigenvalue weighted by atomic mass is 35.5. The molecule has 0 radical (unpaired) electrons. The van der Waals surface area contributed by atoms with Gasteiger partial charge in [0.25, 0.3) is 5.56 Å². The number of benzene rings is 2. The van der Waals surface area contributed by atoms with Gasteiger partial charge >= 0.3 is 0 Å². The zero-order valence-corrected chi connectivity index (χ0v) is 19.3. The van der Waals surface area contributed by atoms with Gasteiger partial charge in [-0.15, -0.1) is 0 Å². The lowest BCUT2D eigenvalue weighted by Crippen LogP contribution is -2.18. The summed E-state index contributed by atoms with van der Waals surface area (Å²) in [4.78, 5) is 19.7. The van der Waals surface area contributed by atoms with E-state index in [0.717, 1.165) is 30.0 Å². The third-order valence-corrected chi connectivity index (χ3v) is 6.35. The van der Waals surface area contributed by atoms with Crippen LogP contribution in [0.25, 0.3) is 11.3 Å². The lowest BCUT2D eigenvalue weighted by atomic mass is 10.0. The lowest BCUT2D eigenvalue weighted by molar-refractivity contribution is 0.509. The number of rotatable bonds is 7. The van der Waals surface area contributed by atoms with Crippen molar-refractivity contribution in [1.29, 1.82) is 0 Å². The molecule has 0 aliphatic heterocycles. The van der Waals surface area contributed by atoms with E-state index in [1.165, 1.54) is 18.2 Å². The maximum absolute atomic E-state index is 13.6. The maximum atomic E-state index is 13.6. The molecule has 4 rings (SSSR count). The molecule has 0 amide bonds. The van der Waals surface area contributed by atoms with Crippen LogP contribution in [0, 0.1) is 23.3 Å². The molecule has 0 spiro atoms. The molecule has 5 nitrogen and oxygen atoms in total. The van der Waals surface area contributed by atoms with Gasteiger partial charge in [-0.05, 0) is 42.3 Å². The summed E-state index contributed by atoms with van der Waals surface area (Å²) in [6.45, 7) is 1.79. The SMILES string of the molecule is CCc1c(Cc2cc(F)cc(F)c2)nc(SCc2n[nH]c(-c3ccc(F)c(F)c3)c2Cl)[nH]c1=O. The van der Waals surface area contributed by atoms with Crippen molar-refractivity contribution in [3.8, 4) is 11.3 Å². The molecule has 0 unspecified atom stereocenters. The second-order valence-corrected chi connectivity index (χ2v) is 8.72. The molecule has 11 heteroatoms. The predicted octanol–water partition coefficient (Wildman–Crippen LogP) is 5.82. The monoisotopic (exact) mass is 508 g/mol. The van der Waals surface area contributed by atoms with Crippen LogP contribution in [0.1, 0.15) is 29.4 Å². The van der Waals surface area contributed by atoms with Gasteiger partial charge < -0.3 is 4.98 Å². The summed E-state index contributed by atoms with van der Waals surface area (Å²) < 4.78 is 54.0. The van der Waals surface area contributed by atoms with Gasteiger partial charge in [0, 0.05) is 29.4 Å². The van der Waals surface area contributed by atoms with Gasteiger partial charge in [0.05, 0.1) is 22.1 Å². The van der Waals surface area contributed by atoms with Crippen molar-refractivity contribution in [3.05, 3.63) is 97.6 Å². The van der Waals surface area contributed by atoms with Gasteiger partial charge in [-0.1, -0.05) is 30.3 Å². The molecular weight excluding hydrogens is 492 g/mol. The standard InChI is InChI=1S/C23H17ClF4N4OS/c1-2-15-18(7-11-5-13(25)9-14(26)6-11)29-23(30-22(15)33)34-10-19-20(24)21(32-31-19)12-3-4-16(27)17(28)8-12/h3-6,8-9H,2,7,10H2,1H3,(H,31,32)(H,29,30,33).